The maximum atomic E-state index is 5.63. The lowest BCUT2D eigenvalue weighted by Crippen LogP contribution is -2.10. The van der Waals surface area contributed by atoms with Crippen molar-refractivity contribution < 1.29 is 0 Å². The summed E-state index contributed by atoms with van der Waals surface area (Å²) >= 11 is 1.81. The fourth-order valence-electron chi connectivity index (χ4n) is 10.3. The van der Waals surface area contributed by atoms with Crippen molar-refractivity contribution in [1.29, 1.82) is 0 Å². The van der Waals surface area contributed by atoms with Crippen LogP contribution in [0.15, 0.2) is 224 Å². The third kappa shape index (κ3) is 6.91. The van der Waals surface area contributed by atoms with E-state index in [-0.39, 0.29) is 0 Å². The second-order valence-electron chi connectivity index (χ2n) is 17.8. The van der Waals surface area contributed by atoms with Crippen molar-refractivity contribution in [3.8, 4) is 38.8 Å². The molecule has 4 heterocycles. The lowest BCUT2D eigenvalue weighted by atomic mass is 10.0. The Kier molecular flexibility index (Phi) is 9.80. The van der Waals surface area contributed by atoms with E-state index in [1.807, 2.05) is 11.3 Å². The summed E-state index contributed by atoms with van der Waals surface area (Å²) in [5.74, 6) is 0.641. The summed E-state index contributed by atoms with van der Waals surface area (Å²) in [7, 11) is 0. The first-order valence-corrected chi connectivity index (χ1v) is 24.4. The molecule has 13 aromatic rings. The Morgan fingerprint density at radius 1 is 0.522 bits per heavy atom. The molecule has 13 rings (SSSR count). The molecule has 6 heteroatoms. The molecule has 328 valence electrons. The van der Waals surface area contributed by atoms with E-state index in [2.05, 4.69) is 247 Å². The highest BCUT2D eigenvalue weighted by Crippen LogP contribution is 2.43. The van der Waals surface area contributed by atoms with Gasteiger partial charge in [0, 0.05) is 42.1 Å². The van der Waals surface area contributed by atoms with E-state index in [0.29, 0.717) is 5.95 Å². The molecule has 0 fully saturated rings. The van der Waals surface area contributed by atoms with Crippen LogP contribution in [-0.4, -0.2) is 19.2 Å². The second-order valence-corrected chi connectivity index (χ2v) is 18.8. The van der Waals surface area contributed by atoms with Crippen LogP contribution in [0.25, 0.3) is 114 Å². The fourth-order valence-corrected chi connectivity index (χ4v) is 11.5. The van der Waals surface area contributed by atoms with E-state index in [0.717, 1.165) is 78.2 Å². The van der Waals surface area contributed by atoms with E-state index in [4.69, 9.17) is 9.97 Å². The molecule has 0 spiro atoms. The molecule has 0 aliphatic heterocycles. The van der Waals surface area contributed by atoms with Crippen LogP contribution in [0.4, 0.5) is 5.69 Å². The fraction of sp³-hybridized carbons (Fsp3) is 0.0476. The lowest BCUT2D eigenvalue weighted by Gasteiger charge is -2.16. The first-order chi connectivity index (χ1) is 34.1. The van der Waals surface area contributed by atoms with Crippen LogP contribution in [-0.2, 0) is 6.42 Å². The molecule has 0 saturated heterocycles. The Balaban J connectivity index is 1.02. The standard InChI is InChI=1S/C63H45N5S/c1-3-17-40(4-2)34-47-24-13-15-26-53(47)66-68-55-27-16-14-25-49(55)50-31-28-46(38-58(50)68)45-29-32-51-52-35-43-22-11-12-23-44(43)36-57(52)67(56(51)37-45)63-64-54-33-30-48-39-59(41-18-7-5-8-19-41)69-62(48)60(54)61(65-63)42-20-9-6-10-21-42/h3-33,35-39,66H,34H2,1-2H3/b17-3-,40-4+. The van der Waals surface area contributed by atoms with Gasteiger partial charge in [0.1, 0.15) is 0 Å². The highest BCUT2D eigenvalue weighted by molar-refractivity contribution is 7.23. The minimum atomic E-state index is 0.641. The van der Waals surface area contributed by atoms with Gasteiger partial charge in [-0.15, -0.1) is 11.3 Å². The first-order valence-electron chi connectivity index (χ1n) is 23.6. The summed E-state index contributed by atoms with van der Waals surface area (Å²) in [6, 6.07) is 72.3. The van der Waals surface area contributed by atoms with Crippen molar-refractivity contribution in [2.45, 2.75) is 20.3 Å². The Morgan fingerprint density at radius 2 is 1.17 bits per heavy atom. The largest absolute Gasteiger partial charge is 0.293 e. The number of para-hydroxylation sites is 2. The Morgan fingerprint density at radius 3 is 1.96 bits per heavy atom. The lowest BCUT2D eigenvalue weighted by molar-refractivity contribution is 1.02. The number of hydrogen-bond donors (Lipinski definition) is 1. The highest BCUT2D eigenvalue weighted by Gasteiger charge is 2.22. The summed E-state index contributed by atoms with van der Waals surface area (Å²) in [4.78, 5) is 12.4. The average molecular weight is 904 g/mol. The summed E-state index contributed by atoms with van der Waals surface area (Å²) in [6.45, 7) is 4.18. The van der Waals surface area contributed by atoms with Gasteiger partial charge >= 0.3 is 0 Å². The highest BCUT2D eigenvalue weighted by atomic mass is 32.1. The zero-order valence-electron chi connectivity index (χ0n) is 38.2. The molecule has 69 heavy (non-hydrogen) atoms. The van der Waals surface area contributed by atoms with Crippen molar-refractivity contribution in [3.63, 3.8) is 0 Å². The van der Waals surface area contributed by atoms with Crippen LogP contribution >= 0.6 is 11.3 Å². The van der Waals surface area contributed by atoms with Crippen LogP contribution in [0.2, 0.25) is 0 Å². The molecule has 9 aromatic carbocycles. The number of nitrogens with zero attached hydrogens (tertiary/aromatic N) is 4. The zero-order valence-corrected chi connectivity index (χ0v) is 39.0. The number of rotatable bonds is 9. The smallest absolute Gasteiger partial charge is 0.235 e. The molecule has 0 amide bonds. The van der Waals surface area contributed by atoms with E-state index in [9.17, 15) is 0 Å². The normalized spacial score (nSPS) is 12.3. The molecular formula is C63H45N5S. The molecule has 5 nitrogen and oxygen atoms in total. The van der Waals surface area contributed by atoms with E-state index in [1.54, 1.807) is 0 Å². The van der Waals surface area contributed by atoms with Crippen molar-refractivity contribution in [1.82, 2.24) is 19.2 Å². The molecule has 0 saturated carbocycles. The summed E-state index contributed by atoms with van der Waals surface area (Å²) in [5.41, 5.74) is 18.1. The van der Waals surface area contributed by atoms with Crippen molar-refractivity contribution in [2.24, 2.45) is 0 Å². The van der Waals surface area contributed by atoms with Crippen molar-refractivity contribution in [3.05, 3.63) is 230 Å². The van der Waals surface area contributed by atoms with Crippen molar-refractivity contribution in [2.75, 3.05) is 5.43 Å². The van der Waals surface area contributed by atoms with Gasteiger partial charge in [-0.3, -0.25) is 14.7 Å². The van der Waals surface area contributed by atoms with E-state index < -0.39 is 0 Å². The number of benzene rings is 9. The number of thiophene rings is 1. The Labute approximate surface area is 403 Å². The monoisotopic (exact) mass is 903 g/mol. The summed E-state index contributed by atoms with van der Waals surface area (Å²) < 4.78 is 5.75. The third-order valence-electron chi connectivity index (χ3n) is 13.7. The van der Waals surface area contributed by atoms with Crippen LogP contribution in [0, 0.1) is 0 Å². The number of aromatic nitrogens is 4. The minimum absolute atomic E-state index is 0.641. The van der Waals surface area contributed by atoms with Gasteiger partial charge in [-0.25, -0.2) is 9.97 Å². The number of hydrogen-bond acceptors (Lipinski definition) is 4. The molecule has 0 aliphatic carbocycles. The van der Waals surface area contributed by atoms with Gasteiger partial charge in [-0.05, 0) is 113 Å². The van der Waals surface area contributed by atoms with Crippen LogP contribution in [0.3, 0.4) is 0 Å². The SMILES string of the molecule is C/C=C\C(=C/C)Cc1ccccc1Nn1c2ccccc2c2ccc(-c3ccc4c5cc6ccccc6cc5n(-c5nc(-c6ccccc6)c6c(ccc7cc(-c8ccccc8)sc76)n5)c4c3)cc21. The maximum Gasteiger partial charge on any atom is 0.235 e. The van der Waals surface area contributed by atoms with Crippen LogP contribution < -0.4 is 5.43 Å². The Hall–Kier alpha value is -8.58. The quantitative estimate of drug-likeness (QED) is 0.147. The molecule has 0 aliphatic rings. The van der Waals surface area contributed by atoms with Gasteiger partial charge in [-0.1, -0.05) is 170 Å². The van der Waals surface area contributed by atoms with Gasteiger partial charge in [0.05, 0.1) is 39.0 Å². The number of allylic oxidation sites excluding steroid dienone is 4. The van der Waals surface area contributed by atoms with Crippen LogP contribution in [0.1, 0.15) is 19.4 Å². The molecule has 0 radical (unpaired) electrons. The second kappa shape index (κ2) is 16.6. The molecule has 0 atom stereocenters. The van der Waals surface area contributed by atoms with Gasteiger partial charge in [0.2, 0.25) is 5.95 Å². The molecular weight excluding hydrogens is 859 g/mol. The topological polar surface area (TPSA) is 47.7 Å². The van der Waals surface area contributed by atoms with Gasteiger partial charge in [0.25, 0.3) is 0 Å². The molecule has 0 bridgehead atoms. The maximum absolute atomic E-state index is 5.63. The molecule has 0 unspecified atom stereocenters. The average Bonchev–Trinajstić information content (AvgIpc) is 4.08. The van der Waals surface area contributed by atoms with E-state index in [1.165, 1.54) is 53.2 Å². The number of anilines is 1. The predicted molar refractivity (Wildman–Crippen MR) is 294 cm³/mol. The minimum Gasteiger partial charge on any atom is -0.293 e. The summed E-state index contributed by atoms with van der Waals surface area (Å²) in [5, 5.41) is 9.34. The first kappa shape index (κ1) is 40.7. The molecule has 1 N–H and O–H groups in total. The molecule has 4 aromatic heterocycles. The zero-order chi connectivity index (χ0) is 46.0. The van der Waals surface area contributed by atoms with Crippen molar-refractivity contribution >= 4 is 92.4 Å². The van der Waals surface area contributed by atoms with Gasteiger partial charge in [-0.2, -0.15) is 0 Å². The van der Waals surface area contributed by atoms with E-state index >= 15 is 0 Å². The number of nitrogens with one attached hydrogen (secondary N) is 1. The third-order valence-corrected chi connectivity index (χ3v) is 14.9. The number of fused-ring (bicyclic) bond motifs is 10. The van der Waals surface area contributed by atoms with Gasteiger partial charge in [0.15, 0.2) is 0 Å². The predicted octanol–water partition coefficient (Wildman–Crippen LogP) is 17.1. The Bertz CT molecular complexity index is 4210. The van der Waals surface area contributed by atoms with Crippen LogP contribution in [0.5, 0.6) is 0 Å². The summed E-state index contributed by atoms with van der Waals surface area (Å²) in [6.07, 6.45) is 7.33. The van der Waals surface area contributed by atoms with Gasteiger partial charge < -0.3 is 0 Å².